The molecular formula is C15H26N4O3S2. The monoisotopic (exact) mass is 374 g/mol. The van der Waals surface area contributed by atoms with Gasteiger partial charge in [0.25, 0.3) is 0 Å². The Bertz CT molecular complexity index is 645. The molecule has 7 nitrogen and oxygen atoms in total. The summed E-state index contributed by atoms with van der Waals surface area (Å²) in [6.45, 7) is 9.23. The van der Waals surface area contributed by atoms with Crippen LogP contribution < -0.4 is 10.0 Å². The quantitative estimate of drug-likeness (QED) is 0.849. The van der Waals surface area contributed by atoms with Crippen LogP contribution in [0, 0.1) is 5.92 Å². The highest BCUT2D eigenvalue weighted by Crippen LogP contribution is 2.29. The van der Waals surface area contributed by atoms with Gasteiger partial charge in [0.15, 0.2) is 9.34 Å². The van der Waals surface area contributed by atoms with Crippen LogP contribution in [0.1, 0.15) is 26.7 Å². The van der Waals surface area contributed by atoms with E-state index in [1.54, 1.807) is 0 Å². The molecule has 0 aromatic carbocycles. The lowest BCUT2D eigenvalue weighted by Crippen LogP contribution is -2.48. The fraction of sp³-hybridized carbons (Fsp3) is 0.800. The molecular weight excluding hydrogens is 348 g/mol. The summed E-state index contributed by atoms with van der Waals surface area (Å²) in [6.07, 6.45) is 4.17. The van der Waals surface area contributed by atoms with E-state index in [9.17, 15) is 8.42 Å². The number of anilines is 1. The lowest BCUT2D eigenvalue weighted by atomic mass is 9.96. The Hall–Kier alpha value is -0.740. The molecule has 2 aliphatic rings. The summed E-state index contributed by atoms with van der Waals surface area (Å²) in [5.74, 6) is 0.677. The molecule has 2 N–H and O–H groups in total. The highest BCUT2D eigenvalue weighted by molar-refractivity contribution is 7.91. The Morgan fingerprint density at radius 2 is 1.92 bits per heavy atom. The second kappa shape index (κ2) is 7.25. The SMILES string of the molecule is CC1CN(CC2CCN(c3ncc(S(N)(=O)=O)s3)CC2)CC(C)O1. The normalized spacial score (nSPS) is 27.5. The fourth-order valence-electron chi connectivity index (χ4n) is 3.63. The largest absolute Gasteiger partial charge is 0.373 e. The molecule has 2 saturated heterocycles. The van der Waals surface area contributed by atoms with Gasteiger partial charge in [0.2, 0.25) is 10.0 Å². The number of thiazole rings is 1. The van der Waals surface area contributed by atoms with Gasteiger partial charge in [0, 0.05) is 32.7 Å². The van der Waals surface area contributed by atoms with Crippen molar-refractivity contribution in [2.45, 2.75) is 43.1 Å². The van der Waals surface area contributed by atoms with Gasteiger partial charge >= 0.3 is 0 Å². The number of nitrogens with two attached hydrogens (primary N) is 1. The Morgan fingerprint density at radius 3 is 2.46 bits per heavy atom. The van der Waals surface area contributed by atoms with Crippen LogP contribution in [0.25, 0.3) is 0 Å². The second-order valence-corrected chi connectivity index (χ2v) is 9.71. The number of ether oxygens (including phenoxy) is 1. The molecule has 1 aromatic heterocycles. The average molecular weight is 375 g/mol. The minimum absolute atomic E-state index is 0.135. The van der Waals surface area contributed by atoms with Crippen molar-refractivity contribution in [3.8, 4) is 0 Å². The van der Waals surface area contributed by atoms with Gasteiger partial charge in [-0.25, -0.2) is 18.5 Å². The Balaban J connectivity index is 1.51. The molecule has 0 spiro atoms. The zero-order valence-electron chi connectivity index (χ0n) is 14.2. The Labute approximate surface area is 147 Å². The molecule has 2 atom stereocenters. The predicted octanol–water partition coefficient (Wildman–Crippen LogP) is 1.12. The third-order valence-electron chi connectivity index (χ3n) is 4.65. The number of primary sulfonamides is 1. The summed E-state index contributed by atoms with van der Waals surface area (Å²) < 4.78 is 28.7. The highest BCUT2D eigenvalue weighted by Gasteiger charge is 2.27. The van der Waals surface area contributed by atoms with Crippen molar-refractivity contribution in [3.63, 3.8) is 0 Å². The zero-order valence-corrected chi connectivity index (χ0v) is 15.9. The maximum atomic E-state index is 11.4. The predicted molar refractivity (Wildman–Crippen MR) is 94.9 cm³/mol. The van der Waals surface area contributed by atoms with E-state index in [0.717, 1.165) is 62.0 Å². The maximum absolute atomic E-state index is 11.4. The number of hydrogen-bond donors (Lipinski definition) is 1. The third kappa shape index (κ3) is 4.45. The lowest BCUT2D eigenvalue weighted by Gasteiger charge is -2.39. The van der Waals surface area contributed by atoms with E-state index in [-0.39, 0.29) is 4.21 Å². The second-order valence-electron chi connectivity index (χ2n) is 6.91. The molecule has 9 heteroatoms. The van der Waals surface area contributed by atoms with Gasteiger partial charge in [-0.1, -0.05) is 11.3 Å². The first kappa shape index (κ1) is 18.1. The van der Waals surface area contributed by atoms with Crippen molar-refractivity contribution in [3.05, 3.63) is 6.20 Å². The summed E-state index contributed by atoms with van der Waals surface area (Å²) >= 11 is 1.16. The molecule has 0 radical (unpaired) electrons. The molecule has 0 aliphatic carbocycles. The summed E-state index contributed by atoms with van der Waals surface area (Å²) in [5.41, 5.74) is 0. The average Bonchev–Trinajstić information content (AvgIpc) is 2.97. The van der Waals surface area contributed by atoms with Crippen molar-refractivity contribution in [2.24, 2.45) is 11.1 Å². The van der Waals surface area contributed by atoms with Gasteiger partial charge in [-0.3, -0.25) is 4.90 Å². The topological polar surface area (TPSA) is 88.8 Å². The van der Waals surface area contributed by atoms with Gasteiger partial charge in [0.1, 0.15) is 0 Å². The smallest absolute Gasteiger partial charge is 0.249 e. The number of nitrogens with zero attached hydrogens (tertiary/aromatic N) is 3. The van der Waals surface area contributed by atoms with Crippen molar-refractivity contribution in [2.75, 3.05) is 37.6 Å². The van der Waals surface area contributed by atoms with Crippen molar-refractivity contribution in [1.29, 1.82) is 0 Å². The summed E-state index contributed by atoms with van der Waals surface area (Å²) in [5, 5.41) is 5.91. The number of sulfonamides is 1. The molecule has 136 valence electrons. The molecule has 3 heterocycles. The van der Waals surface area contributed by atoms with Crippen LogP contribution in [0.3, 0.4) is 0 Å². The highest BCUT2D eigenvalue weighted by atomic mass is 32.2. The van der Waals surface area contributed by atoms with E-state index in [1.807, 2.05) is 0 Å². The zero-order chi connectivity index (χ0) is 17.3. The van der Waals surface area contributed by atoms with E-state index in [2.05, 4.69) is 28.6 Å². The van der Waals surface area contributed by atoms with Crippen molar-refractivity contribution in [1.82, 2.24) is 9.88 Å². The molecule has 0 bridgehead atoms. The van der Waals surface area contributed by atoms with Gasteiger partial charge in [-0.15, -0.1) is 0 Å². The Morgan fingerprint density at radius 1 is 1.29 bits per heavy atom. The molecule has 2 aliphatic heterocycles. The molecule has 24 heavy (non-hydrogen) atoms. The van der Waals surface area contributed by atoms with Crippen LogP contribution in [0.4, 0.5) is 5.13 Å². The third-order valence-corrected chi connectivity index (χ3v) is 7.12. The molecule has 0 saturated carbocycles. The number of piperidine rings is 1. The fourth-order valence-corrected chi connectivity index (χ4v) is 5.22. The molecule has 3 rings (SSSR count). The maximum Gasteiger partial charge on any atom is 0.249 e. The van der Waals surface area contributed by atoms with Crippen LogP contribution in [0.2, 0.25) is 0 Å². The first-order valence-corrected chi connectivity index (χ1v) is 10.8. The number of rotatable bonds is 4. The standard InChI is InChI=1S/C15H26N4O3S2/c1-11-8-18(9-12(2)22-11)10-13-3-5-19(6-4-13)15-17-7-14(23-15)24(16,20)21/h7,11-13H,3-6,8-10H2,1-2H3,(H2,16,20,21). The van der Waals surface area contributed by atoms with E-state index in [0.29, 0.717) is 18.1 Å². The summed E-state index contributed by atoms with van der Waals surface area (Å²) in [6, 6.07) is 0. The van der Waals surface area contributed by atoms with E-state index >= 15 is 0 Å². The van der Waals surface area contributed by atoms with Gasteiger partial charge < -0.3 is 9.64 Å². The molecule has 2 unspecified atom stereocenters. The number of morpholine rings is 1. The first-order valence-electron chi connectivity index (χ1n) is 8.42. The lowest BCUT2D eigenvalue weighted by molar-refractivity contribution is -0.0720. The molecule has 0 amide bonds. The van der Waals surface area contributed by atoms with E-state index in [1.165, 1.54) is 6.20 Å². The van der Waals surface area contributed by atoms with E-state index < -0.39 is 10.0 Å². The Kier molecular flexibility index (Phi) is 5.45. The first-order chi connectivity index (χ1) is 11.3. The van der Waals surface area contributed by atoms with Gasteiger partial charge in [-0.2, -0.15) is 0 Å². The molecule has 1 aromatic rings. The summed E-state index contributed by atoms with van der Waals surface area (Å²) in [4.78, 5) is 8.91. The van der Waals surface area contributed by atoms with Crippen LogP contribution in [-0.4, -0.2) is 63.2 Å². The minimum atomic E-state index is -3.65. The van der Waals surface area contributed by atoms with Crippen molar-refractivity contribution >= 4 is 26.5 Å². The van der Waals surface area contributed by atoms with Crippen molar-refractivity contribution < 1.29 is 13.2 Å². The van der Waals surface area contributed by atoms with Crippen LogP contribution in [0.5, 0.6) is 0 Å². The minimum Gasteiger partial charge on any atom is -0.373 e. The van der Waals surface area contributed by atoms with Gasteiger partial charge in [0.05, 0.1) is 18.4 Å². The number of hydrogen-bond acceptors (Lipinski definition) is 7. The number of aromatic nitrogens is 1. The van der Waals surface area contributed by atoms with Crippen LogP contribution in [-0.2, 0) is 14.8 Å². The van der Waals surface area contributed by atoms with E-state index in [4.69, 9.17) is 9.88 Å². The van der Waals surface area contributed by atoms with Gasteiger partial charge in [-0.05, 0) is 32.6 Å². The summed E-state index contributed by atoms with van der Waals surface area (Å²) in [7, 11) is -3.65. The van der Waals surface area contributed by atoms with Crippen LogP contribution in [0.15, 0.2) is 10.4 Å². The van der Waals surface area contributed by atoms with Crippen LogP contribution >= 0.6 is 11.3 Å². The molecule has 2 fully saturated rings.